The summed E-state index contributed by atoms with van der Waals surface area (Å²) < 4.78 is 13.3. The molecule has 3 aromatic rings. The number of thioether (sulfide) groups is 1. The predicted octanol–water partition coefficient (Wildman–Crippen LogP) is 4.60. The summed E-state index contributed by atoms with van der Waals surface area (Å²) in [5.74, 6) is -2.24. The van der Waals surface area contributed by atoms with Crippen LogP contribution in [0.15, 0.2) is 83.9 Å². The highest BCUT2D eigenvalue weighted by Gasteiger charge is 2.40. The fourth-order valence-corrected chi connectivity index (χ4v) is 4.59. The van der Waals surface area contributed by atoms with Crippen molar-refractivity contribution >= 4 is 46.1 Å². The molecular formula is C26H22FN3O4S. The molecule has 1 fully saturated rings. The molecule has 0 aromatic heterocycles. The number of amidine groups is 1. The van der Waals surface area contributed by atoms with E-state index >= 15 is 0 Å². The van der Waals surface area contributed by atoms with E-state index in [0.717, 1.165) is 22.2 Å². The van der Waals surface area contributed by atoms with E-state index in [4.69, 9.17) is 5.11 Å². The maximum atomic E-state index is 13.3. The first-order chi connectivity index (χ1) is 16.9. The zero-order chi connectivity index (χ0) is 24.8. The van der Waals surface area contributed by atoms with Gasteiger partial charge in [0.25, 0.3) is 0 Å². The molecule has 1 saturated heterocycles. The number of carbonyl (C=O) groups excluding carboxylic acids is 2. The third kappa shape index (κ3) is 6.13. The largest absolute Gasteiger partial charge is 0.478 e. The Hall–Kier alpha value is -3.98. The minimum absolute atomic E-state index is 0.0208. The molecule has 7 nitrogen and oxygen atoms in total. The average Bonchev–Trinajstić information content (AvgIpc) is 3.13. The highest BCUT2D eigenvalue weighted by atomic mass is 32.2. The van der Waals surface area contributed by atoms with Gasteiger partial charge in [0.2, 0.25) is 11.8 Å². The van der Waals surface area contributed by atoms with Crippen molar-refractivity contribution in [3.63, 3.8) is 0 Å². The Bertz CT molecular complexity index is 1250. The van der Waals surface area contributed by atoms with E-state index in [-0.39, 0.29) is 23.7 Å². The summed E-state index contributed by atoms with van der Waals surface area (Å²) in [6.45, 7) is 0.454. The Kier molecular flexibility index (Phi) is 7.57. The second-order valence-corrected chi connectivity index (χ2v) is 8.98. The van der Waals surface area contributed by atoms with Crippen LogP contribution in [0.4, 0.5) is 15.8 Å². The van der Waals surface area contributed by atoms with Crippen molar-refractivity contribution in [2.24, 2.45) is 4.99 Å². The second-order valence-electron chi connectivity index (χ2n) is 7.78. The van der Waals surface area contributed by atoms with Gasteiger partial charge in [-0.1, -0.05) is 42.1 Å². The number of rotatable bonds is 7. The number of aromatic carboxylic acids is 1. The number of amides is 2. The van der Waals surface area contributed by atoms with E-state index in [2.05, 4.69) is 10.3 Å². The SMILES string of the molecule is O=C(O)c1ccc(N2C(=O)C[C@H](SC(=NCCc3ccccc3)Nc3ccc(F)cc3)C2=O)cc1. The van der Waals surface area contributed by atoms with Crippen LogP contribution in [0.2, 0.25) is 0 Å². The molecular weight excluding hydrogens is 469 g/mol. The van der Waals surface area contributed by atoms with Gasteiger partial charge in [-0.15, -0.1) is 0 Å². The standard InChI is InChI=1S/C26H22FN3O4S/c27-19-8-10-20(11-9-19)29-26(28-15-14-17-4-2-1-3-5-17)35-22-16-23(31)30(24(22)32)21-12-6-18(7-13-21)25(33)34/h1-13,22H,14-16H2,(H,28,29)(H,33,34)/t22-/m0/s1. The number of hydrogen-bond donors (Lipinski definition) is 2. The number of anilines is 2. The Morgan fingerprint density at radius 3 is 2.37 bits per heavy atom. The highest BCUT2D eigenvalue weighted by molar-refractivity contribution is 8.15. The smallest absolute Gasteiger partial charge is 0.335 e. The van der Waals surface area contributed by atoms with Gasteiger partial charge in [-0.05, 0) is 60.5 Å². The van der Waals surface area contributed by atoms with E-state index in [9.17, 15) is 18.8 Å². The normalized spacial score (nSPS) is 16.0. The lowest BCUT2D eigenvalue weighted by atomic mass is 10.2. The molecule has 0 radical (unpaired) electrons. The number of halogens is 1. The first-order valence-corrected chi connectivity index (χ1v) is 11.8. The molecule has 178 valence electrons. The molecule has 0 aliphatic carbocycles. The van der Waals surface area contributed by atoms with Crippen LogP contribution < -0.4 is 10.2 Å². The van der Waals surface area contributed by atoms with Gasteiger partial charge in [0, 0.05) is 18.7 Å². The molecule has 1 heterocycles. The van der Waals surface area contributed by atoms with Crippen LogP contribution in [-0.2, 0) is 16.0 Å². The lowest BCUT2D eigenvalue weighted by Gasteiger charge is -2.16. The fourth-order valence-electron chi connectivity index (χ4n) is 3.55. The highest BCUT2D eigenvalue weighted by Crippen LogP contribution is 2.31. The summed E-state index contributed by atoms with van der Waals surface area (Å²) in [4.78, 5) is 42.5. The number of nitrogens with zero attached hydrogens (tertiary/aromatic N) is 2. The summed E-state index contributed by atoms with van der Waals surface area (Å²) in [6, 6.07) is 21.2. The molecule has 1 atom stereocenters. The van der Waals surface area contributed by atoms with Crippen molar-refractivity contribution < 1.29 is 23.9 Å². The summed E-state index contributed by atoms with van der Waals surface area (Å²) in [7, 11) is 0. The van der Waals surface area contributed by atoms with Crippen molar-refractivity contribution in [1.82, 2.24) is 0 Å². The zero-order valence-corrected chi connectivity index (χ0v) is 19.4. The van der Waals surface area contributed by atoms with Crippen LogP contribution >= 0.6 is 11.8 Å². The number of benzene rings is 3. The summed E-state index contributed by atoms with van der Waals surface area (Å²) in [6.07, 6.45) is 0.669. The van der Waals surface area contributed by atoms with Gasteiger partial charge in [-0.25, -0.2) is 14.1 Å². The topological polar surface area (TPSA) is 99.1 Å². The number of nitrogens with one attached hydrogen (secondary N) is 1. The Balaban J connectivity index is 1.50. The number of carboxylic acid groups (broad SMARTS) is 1. The number of hydrogen-bond acceptors (Lipinski definition) is 5. The number of aliphatic imine (C=N–C) groups is 1. The Morgan fingerprint density at radius 1 is 1.03 bits per heavy atom. The van der Waals surface area contributed by atoms with Gasteiger partial charge in [-0.3, -0.25) is 14.6 Å². The molecule has 4 rings (SSSR count). The Morgan fingerprint density at radius 2 is 1.71 bits per heavy atom. The predicted molar refractivity (Wildman–Crippen MR) is 134 cm³/mol. The number of carboxylic acids is 1. The van der Waals surface area contributed by atoms with Crippen LogP contribution in [0.25, 0.3) is 0 Å². The van der Waals surface area contributed by atoms with E-state index in [1.165, 1.54) is 36.4 Å². The molecule has 2 amide bonds. The van der Waals surface area contributed by atoms with Gasteiger partial charge >= 0.3 is 5.97 Å². The molecule has 2 N–H and O–H groups in total. The van der Waals surface area contributed by atoms with E-state index < -0.39 is 17.1 Å². The maximum Gasteiger partial charge on any atom is 0.335 e. The third-order valence-corrected chi connectivity index (χ3v) is 6.43. The summed E-state index contributed by atoms with van der Waals surface area (Å²) in [5, 5.41) is 11.9. The first kappa shape index (κ1) is 24.2. The molecule has 35 heavy (non-hydrogen) atoms. The fraction of sp³-hybridized carbons (Fsp3) is 0.154. The minimum Gasteiger partial charge on any atom is -0.478 e. The van der Waals surface area contributed by atoms with Crippen molar-refractivity contribution in [3.8, 4) is 0 Å². The van der Waals surface area contributed by atoms with Crippen LogP contribution in [0.3, 0.4) is 0 Å². The van der Waals surface area contributed by atoms with Crippen molar-refractivity contribution in [2.45, 2.75) is 18.1 Å². The van der Waals surface area contributed by atoms with Gasteiger partial charge in [0.15, 0.2) is 5.17 Å². The number of imide groups is 1. The molecule has 3 aromatic carbocycles. The quantitative estimate of drug-likeness (QED) is 0.285. The average molecular weight is 492 g/mol. The molecule has 1 aliphatic rings. The maximum absolute atomic E-state index is 13.3. The van der Waals surface area contributed by atoms with Crippen molar-refractivity contribution in [2.75, 3.05) is 16.8 Å². The van der Waals surface area contributed by atoms with Crippen molar-refractivity contribution in [1.29, 1.82) is 0 Å². The molecule has 0 bridgehead atoms. The zero-order valence-electron chi connectivity index (χ0n) is 18.6. The molecule has 0 saturated carbocycles. The van der Waals surface area contributed by atoms with Gasteiger partial charge < -0.3 is 10.4 Å². The molecule has 1 aliphatic heterocycles. The minimum atomic E-state index is -1.09. The van der Waals surface area contributed by atoms with Crippen LogP contribution in [0.1, 0.15) is 22.3 Å². The lowest BCUT2D eigenvalue weighted by molar-refractivity contribution is -0.121. The van der Waals surface area contributed by atoms with Crippen molar-refractivity contribution in [3.05, 3.63) is 95.8 Å². The second kappa shape index (κ2) is 11.0. The summed E-state index contributed by atoms with van der Waals surface area (Å²) in [5.41, 5.74) is 2.11. The van der Waals surface area contributed by atoms with Gasteiger partial charge in [0.1, 0.15) is 11.1 Å². The summed E-state index contributed by atoms with van der Waals surface area (Å²) >= 11 is 1.14. The van der Waals surface area contributed by atoms with Gasteiger partial charge in [-0.2, -0.15) is 0 Å². The lowest BCUT2D eigenvalue weighted by Crippen LogP contribution is -2.31. The van der Waals surface area contributed by atoms with E-state index in [0.29, 0.717) is 29.5 Å². The van der Waals surface area contributed by atoms with Crippen LogP contribution in [0.5, 0.6) is 0 Å². The monoisotopic (exact) mass is 491 g/mol. The van der Waals surface area contributed by atoms with E-state index in [1.807, 2.05) is 30.3 Å². The van der Waals surface area contributed by atoms with Gasteiger partial charge in [0.05, 0.1) is 11.3 Å². The Labute approximate surface area is 205 Å². The van der Waals surface area contributed by atoms with E-state index in [1.54, 1.807) is 12.1 Å². The molecule has 0 spiro atoms. The van der Waals surface area contributed by atoms with Crippen LogP contribution in [-0.4, -0.2) is 39.9 Å². The van der Waals surface area contributed by atoms with Crippen LogP contribution in [0, 0.1) is 5.82 Å². The third-order valence-electron chi connectivity index (χ3n) is 5.33. The number of carbonyl (C=O) groups is 3. The first-order valence-electron chi connectivity index (χ1n) is 10.9. The molecule has 0 unspecified atom stereocenters. The molecule has 9 heteroatoms.